The van der Waals surface area contributed by atoms with E-state index >= 15 is 0 Å². The van der Waals surface area contributed by atoms with E-state index in [-0.39, 0.29) is 15.5 Å². The van der Waals surface area contributed by atoms with Gasteiger partial charge in [0.2, 0.25) is 10.0 Å². The van der Waals surface area contributed by atoms with Crippen molar-refractivity contribution in [2.45, 2.75) is 24.7 Å². The van der Waals surface area contributed by atoms with Crippen LogP contribution < -0.4 is 10.5 Å². The van der Waals surface area contributed by atoms with Crippen LogP contribution in [0.2, 0.25) is 5.02 Å². The molecule has 2 aromatic rings. The first-order chi connectivity index (χ1) is 10.7. The molecule has 0 saturated heterocycles. The molecule has 23 heavy (non-hydrogen) atoms. The van der Waals surface area contributed by atoms with Gasteiger partial charge in [-0.25, -0.2) is 13.6 Å². The largest absolute Gasteiger partial charge is 0.322 e. The molecule has 122 valence electrons. The summed E-state index contributed by atoms with van der Waals surface area (Å²) in [5.41, 5.74) is 1.88. The lowest BCUT2D eigenvalue weighted by molar-refractivity contribution is 0.102. The molecule has 0 spiro atoms. The van der Waals surface area contributed by atoms with Crippen molar-refractivity contribution in [3.8, 4) is 0 Å². The van der Waals surface area contributed by atoms with E-state index in [4.69, 9.17) is 16.7 Å². The maximum atomic E-state index is 12.3. The van der Waals surface area contributed by atoms with Crippen LogP contribution >= 0.6 is 11.6 Å². The number of hydrogen-bond donors (Lipinski definition) is 2. The monoisotopic (exact) mass is 352 g/mol. The number of anilines is 1. The molecule has 0 fully saturated rings. The number of primary sulfonamides is 1. The fraction of sp³-hybridized carbons (Fsp3) is 0.188. The quantitative estimate of drug-likeness (QED) is 0.884. The fourth-order valence-corrected chi connectivity index (χ4v) is 3.11. The van der Waals surface area contributed by atoms with Crippen molar-refractivity contribution in [1.82, 2.24) is 0 Å². The van der Waals surface area contributed by atoms with Crippen LogP contribution in [0.25, 0.3) is 0 Å². The van der Waals surface area contributed by atoms with Crippen LogP contribution in [-0.4, -0.2) is 14.3 Å². The van der Waals surface area contributed by atoms with E-state index in [1.54, 1.807) is 6.07 Å². The van der Waals surface area contributed by atoms with Crippen LogP contribution in [-0.2, 0) is 10.0 Å². The van der Waals surface area contributed by atoms with Crippen molar-refractivity contribution < 1.29 is 13.2 Å². The summed E-state index contributed by atoms with van der Waals surface area (Å²) in [5.74, 6) is -0.108. The average Bonchev–Trinajstić information content (AvgIpc) is 2.46. The summed E-state index contributed by atoms with van der Waals surface area (Å²) < 4.78 is 22.9. The highest BCUT2D eigenvalue weighted by molar-refractivity contribution is 7.89. The lowest BCUT2D eigenvalue weighted by Gasteiger charge is -2.10. The molecule has 0 aromatic heterocycles. The van der Waals surface area contributed by atoms with E-state index in [0.717, 1.165) is 5.56 Å². The number of benzene rings is 2. The zero-order valence-corrected chi connectivity index (χ0v) is 14.3. The van der Waals surface area contributed by atoms with Gasteiger partial charge in [0, 0.05) is 11.3 Å². The summed E-state index contributed by atoms with van der Waals surface area (Å²) in [4.78, 5) is 12.0. The summed E-state index contributed by atoms with van der Waals surface area (Å²) in [7, 11) is -3.99. The van der Waals surface area contributed by atoms with Gasteiger partial charge in [-0.15, -0.1) is 0 Å². The summed E-state index contributed by atoms with van der Waals surface area (Å²) in [6.07, 6.45) is 0. The van der Waals surface area contributed by atoms with E-state index in [1.807, 2.05) is 18.2 Å². The van der Waals surface area contributed by atoms with Crippen molar-refractivity contribution in [3.05, 3.63) is 58.6 Å². The Hall–Kier alpha value is -1.89. The number of halogens is 1. The van der Waals surface area contributed by atoms with E-state index in [0.29, 0.717) is 11.6 Å². The first-order valence-electron chi connectivity index (χ1n) is 6.92. The van der Waals surface area contributed by atoms with Crippen LogP contribution in [0.15, 0.2) is 47.4 Å². The standard InChI is InChI=1S/C16H17ClN2O3S/c1-10(2)11-4-3-5-13(8-11)19-16(20)12-6-7-14(17)15(9-12)23(18,21)22/h3-10H,1-2H3,(H,19,20)(H2,18,21,22). The van der Waals surface area contributed by atoms with Crippen molar-refractivity contribution >= 4 is 33.2 Å². The normalized spacial score (nSPS) is 11.5. The van der Waals surface area contributed by atoms with Gasteiger partial charge in [0.15, 0.2) is 0 Å². The molecule has 1 amide bonds. The van der Waals surface area contributed by atoms with Gasteiger partial charge in [0.25, 0.3) is 5.91 Å². The second kappa shape index (κ2) is 6.70. The average molecular weight is 353 g/mol. The summed E-state index contributed by atoms with van der Waals surface area (Å²) in [5, 5.41) is 7.80. The third-order valence-corrected chi connectivity index (χ3v) is 4.70. The molecule has 0 atom stereocenters. The Balaban J connectivity index is 2.30. The SMILES string of the molecule is CC(C)c1cccc(NC(=O)c2ccc(Cl)c(S(N)(=O)=O)c2)c1. The van der Waals surface area contributed by atoms with Gasteiger partial charge in [0.05, 0.1) is 5.02 Å². The highest BCUT2D eigenvalue weighted by atomic mass is 35.5. The molecule has 5 nitrogen and oxygen atoms in total. The van der Waals surface area contributed by atoms with Crippen LogP contribution in [0, 0.1) is 0 Å². The maximum absolute atomic E-state index is 12.3. The Morgan fingerprint density at radius 3 is 2.48 bits per heavy atom. The minimum atomic E-state index is -3.99. The lowest BCUT2D eigenvalue weighted by atomic mass is 10.0. The van der Waals surface area contributed by atoms with Gasteiger partial charge < -0.3 is 5.32 Å². The predicted molar refractivity (Wildman–Crippen MR) is 91.3 cm³/mol. The number of nitrogens with one attached hydrogen (secondary N) is 1. The van der Waals surface area contributed by atoms with Crippen LogP contribution in [0.3, 0.4) is 0 Å². The van der Waals surface area contributed by atoms with E-state index in [2.05, 4.69) is 19.2 Å². The first-order valence-corrected chi connectivity index (χ1v) is 8.84. The van der Waals surface area contributed by atoms with Crippen molar-refractivity contribution in [2.24, 2.45) is 5.14 Å². The van der Waals surface area contributed by atoms with Crippen LogP contribution in [0.1, 0.15) is 35.7 Å². The number of carbonyl (C=O) groups is 1. The molecular weight excluding hydrogens is 336 g/mol. The predicted octanol–water partition coefficient (Wildman–Crippen LogP) is 3.36. The number of carbonyl (C=O) groups excluding carboxylic acids is 1. The van der Waals surface area contributed by atoms with Gasteiger partial charge in [0.1, 0.15) is 4.90 Å². The Labute approximate surface area is 140 Å². The van der Waals surface area contributed by atoms with Gasteiger partial charge >= 0.3 is 0 Å². The molecule has 3 N–H and O–H groups in total. The van der Waals surface area contributed by atoms with Crippen molar-refractivity contribution in [3.63, 3.8) is 0 Å². The molecular formula is C16H17ClN2O3S. The third-order valence-electron chi connectivity index (χ3n) is 3.31. The second-order valence-electron chi connectivity index (χ2n) is 5.42. The molecule has 0 unspecified atom stereocenters. The van der Waals surface area contributed by atoms with E-state index < -0.39 is 15.9 Å². The molecule has 0 saturated carbocycles. The minimum Gasteiger partial charge on any atom is -0.322 e. The van der Waals surface area contributed by atoms with Crippen LogP contribution in [0.4, 0.5) is 5.69 Å². The van der Waals surface area contributed by atoms with Gasteiger partial charge in [-0.05, 0) is 41.8 Å². The molecule has 0 aliphatic rings. The summed E-state index contributed by atoms with van der Waals surface area (Å²) in [6.45, 7) is 4.11. The summed E-state index contributed by atoms with van der Waals surface area (Å²) in [6, 6.07) is 11.4. The number of rotatable bonds is 4. The Kier molecular flexibility index (Phi) is 5.09. The Morgan fingerprint density at radius 2 is 1.87 bits per heavy atom. The number of hydrogen-bond acceptors (Lipinski definition) is 3. The smallest absolute Gasteiger partial charge is 0.255 e. The molecule has 0 radical (unpaired) electrons. The Morgan fingerprint density at radius 1 is 1.17 bits per heavy atom. The minimum absolute atomic E-state index is 0.0224. The molecule has 0 bridgehead atoms. The number of nitrogens with two attached hydrogens (primary N) is 1. The van der Waals surface area contributed by atoms with E-state index in [9.17, 15) is 13.2 Å². The third kappa shape index (κ3) is 4.31. The first kappa shape index (κ1) is 17.5. The second-order valence-corrected chi connectivity index (χ2v) is 7.36. The summed E-state index contributed by atoms with van der Waals surface area (Å²) >= 11 is 5.81. The highest BCUT2D eigenvalue weighted by Gasteiger charge is 2.16. The van der Waals surface area contributed by atoms with Crippen molar-refractivity contribution in [2.75, 3.05) is 5.32 Å². The molecule has 7 heteroatoms. The number of amides is 1. The molecule has 0 heterocycles. The molecule has 2 rings (SSSR count). The lowest BCUT2D eigenvalue weighted by Crippen LogP contribution is -2.16. The van der Waals surface area contributed by atoms with Gasteiger partial charge in [-0.1, -0.05) is 37.6 Å². The molecule has 0 aliphatic heterocycles. The number of sulfonamides is 1. The zero-order chi connectivity index (χ0) is 17.2. The molecule has 2 aromatic carbocycles. The molecule has 0 aliphatic carbocycles. The van der Waals surface area contributed by atoms with Gasteiger partial charge in [-0.2, -0.15) is 0 Å². The Bertz CT molecular complexity index is 848. The maximum Gasteiger partial charge on any atom is 0.255 e. The van der Waals surface area contributed by atoms with Gasteiger partial charge in [-0.3, -0.25) is 4.79 Å². The van der Waals surface area contributed by atoms with Crippen LogP contribution in [0.5, 0.6) is 0 Å². The van der Waals surface area contributed by atoms with Crippen molar-refractivity contribution in [1.29, 1.82) is 0 Å². The van der Waals surface area contributed by atoms with E-state index in [1.165, 1.54) is 18.2 Å². The fourth-order valence-electron chi connectivity index (χ4n) is 2.04. The highest BCUT2D eigenvalue weighted by Crippen LogP contribution is 2.23. The topological polar surface area (TPSA) is 89.3 Å². The zero-order valence-electron chi connectivity index (χ0n) is 12.7.